The number of hydrogen-bond donors (Lipinski definition) is 1. The van der Waals surface area contributed by atoms with Crippen molar-refractivity contribution in [3.63, 3.8) is 0 Å². The molecule has 1 fully saturated rings. The van der Waals surface area contributed by atoms with Crippen LogP contribution in [0.5, 0.6) is 0 Å². The van der Waals surface area contributed by atoms with Crippen molar-refractivity contribution >= 4 is 18.0 Å². The van der Waals surface area contributed by atoms with Crippen molar-refractivity contribution in [2.45, 2.75) is 38.8 Å². The molecule has 3 heterocycles. The molecule has 3 rings (SSSR count). The summed E-state index contributed by atoms with van der Waals surface area (Å²) in [5, 5.41) is 2.54. The number of carbonyl (C=O) groups is 2. The second kappa shape index (κ2) is 9.73. The summed E-state index contributed by atoms with van der Waals surface area (Å²) in [4.78, 5) is 39.6. The molecular weight excluding hydrogens is 404 g/mol. The molecule has 1 saturated heterocycles. The summed E-state index contributed by atoms with van der Waals surface area (Å²) in [6.45, 7) is 7.98. The molecule has 0 unspecified atom stereocenters. The number of imidazole rings is 1. The van der Waals surface area contributed by atoms with Gasteiger partial charge in [0.25, 0.3) is 0 Å². The fraction of sp³-hybridized carbons (Fsp3) is 0.550. The Hall–Kier alpha value is -3.21. The Morgan fingerprint density at radius 2 is 2.00 bits per heavy atom. The van der Waals surface area contributed by atoms with E-state index < -0.39 is 23.7 Å². The highest BCUT2D eigenvalue weighted by molar-refractivity contribution is 5.81. The minimum absolute atomic E-state index is 0.139. The fourth-order valence-electron chi connectivity index (χ4n) is 2.99. The van der Waals surface area contributed by atoms with Crippen LogP contribution < -0.4 is 10.2 Å². The molecule has 2 aromatic heterocycles. The average Bonchev–Trinajstić information content (AvgIpc) is 3.21. The summed E-state index contributed by atoms with van der Waals surface area (Å²) in [6.07, 6.45) is 4.48. The molecule has 1 N–H and O–H groups in total. The third-order valence-corrected chi connectivity index (χ3v) is 4.41. The molecule has 1 aliphatic heterocycles. The van der Waals surface area contributed by atoms with Gasteiger partial charge < -0.3 is 24.4 Å². The lowest BCUT2D eigenvalue weighted by Gasteiger charge is -2.26. The van der Waals surface area contributed by atoms with Crippen molar-refractivity contribution in [2.75, 3.05) is 38.3 Å². The van der Waals surface area contributed by atoms with Crippen LogP contribution in [0.3, 0.4) is 0 Å². The van der Waals surface area contributed by atoms with E-state index in [1.807, 2.05) is 0 Å². The maximum absolute atomic E-state index is 12.2. The number of alkyl carbamates (subject to hydrolysis) is 1. The Labute approximate surface area is 180 Å². The quantitative estimate of drug-likeness (QED) is 0.669. The normalized spacial score (nSPS) is 15.3. The Morgan fingerprint density at radius 1 is 1.26 bits per heavy atom. The largest absolute Gasteiger partial charge is 0.467 e. The highest BCUT2D eigenvalue weighted by Crippen LogP contribution is 2.14. The minimum Gasteiger partial charge on any atom is -0.467 e. The Morgan fingerprint density at radius 3 is 2.68 bits per heavy atom. The van der Waals surface area contributed by atoms with Crippen molar-refractivity contribution in [3.05, 3.63) is 30.5 Å². The molecule has 1 atom stereocenters. The monoisotopic (exact) mass is 432 g/mol. The van der Waals surface area contributed by atoms with Crippen LogP contribution in [-0.2, 0) is 25.4 Å². The third kappa shape index (κ3) is 6.38. The number of methoxy groups -OCH3 is 1. The number of hydrogen-bond acceptors (Lipinski definition) is 9. The highest BCUT2D eigenvalue weighted by Gasteiger charge is 2.26. The van der Waals surface area contributed by atoms with Crippen LogP contribution in [-0.4, -0.2) is 76.6 Å². The predicted octanol–water partition coefficient (Wildman–Crippen LogP) is 1.11. The maximum Gasteiger partial charge on any atom is 0.408 e. The second-order valence-corrected chi connectivity index (χ2v) is 8.01. The van der Waals surface area contributed by atoms with Crippen LogP contribution in [0.2, 0.25) is 0 Å². The Kier molecular flexibility index (Phi) is 7.06. The number of anilines is 1. The smallest absolute Gasteiger partial charge is 0.408 e. The van der Waals surface area contributed by atoms with Gasteiger partial charge in [0.2, 0.25) is 5.95 Å². The molecule has 0 radical (unpaired) electrons. The first-order valence-electron chi connectivity index (χ1n) is 10.0. The van der Waals surface area contributed by atoms with E-state index in [1.54, 1.807) is 50.1 Å². The number of morpholine rings is 1. The number of nitrogens with one attached hydrogen (secondary N) is 1. The van der Waals surface area contributed by atoms with E-state index in [1.165, 1.54) is 7.11 Å². The maximum atomic E-state index is 12.2. The Bertz CT molecular complexity index is 903. The number of amides is 1. The van der Waals surface area contributed by atoms with Gasteiger partial charge in [-0.1, -0.05) is 0 Å². The molecule has 11 heteroatoms. The zero-order chi connectivity index (χ0) is 22.4. The van der Waals surface area contributed by atoms with Crippen molar-refractivity contribution < 1.29 is 23.8 Å². The van der Waals surface area contributed by atoms with Crippen molar-refractivity contribution in [1.29, 1.82) is 0 Å². The molecule has 0 bridgehead atoms. The van der Waals surface area contributed by atoms with Crippen molar-refractivity contribution in [2.24, 2.45) is 0 Å². The van der Waals surface area contributed by atoms with Gasteiger partial charge in [-0.2, -0.15) is 4.98 Å². The van der Waals surface area contributed by atoms with Crippen LogP contribution in [0.25, 0.3) is 5.82 Å². The van der Waals surface area contributed by atoms with Crippen molar-refractivity contribution in [1.82, 2.24) is 24.8 Å². The topological polar surface area (TPSA) is 121 Å². The predicted molar refractivity (Wildman–Crippen MR) is 111 cm³/mol. The summed E-state index contributed by atoms with van der Waals surface area (Å²) < 4.78 is 17.2. The first-order valence-corrected chi connectivity index (χ1v) is 10.0. The van der Waals surface area contributed by atoms with Crippen LogP contribution in [0.1, 0.15) is 26.5 Å². The first kappa shape index (κ1) is 22.5. The number of aromatic nitrogens is 4. The molecule has 0 aromatic carbocycles. The summed E-state index contributed by atoms with van der Waals surface area (Å²) >= 11 is 0. The lowest BCUT2D eigenvalue weighted by atomic mass is 10.1. The van der Waals surface area contributed by atoms with E-state index in [9.17, 15) is 9.59 Å². The fourth-order valence-corrected chi connectivity index (χ4v) is 2.99. The molecule has 0 spiro atoms. The molecule has 1 amide bonds. The SMILES string of the molecule is COC(=O)[C@H](Cc1cn(-c2ccnc(N3CCOCC3)n2)cn1)NC(=O)OC(C)(C)C. The van der Waals surface area contributed by atoms with Gasteiger partial charge in [-0.05, 0) is 26.8 Å². The van der Waals surface area contributed by atoms with E-state index in [0.717, 1.165) is 13.1 Å². The third-order valence-electron chi connectivity index (χ3n) is 4.41. The van der Waals surface area contributed by atoms with Gasteiger partial charge in [0.15, 0.2) is 0 Å². The summed E-state index contributed by atoms with van der Waals surface area (Å²) in [5.74, 6) is 0.678. The van der Waals surface area contributed by atoms with Gasteiger partial charge in [-0.3, -0.25) is 4.57 Å². The van der Waals surface area contributed by atoms with Gasteiger partial charge >= 0.3 is 12.1 Å². The molecule has 168 valence electrons. The van der Waals surface area contributed by atoms with Gasteiger partial charge in [0.1, 0.15) is 23.8 Å². The molecule has 0 saturated carbocycles. The van der Waals surface area contributed by atoms with Crippen LogP contribution in [0, 0.1) is 0 Å². The zero-order valence-corrected chi connectivity index (χ0v) is 18.2. The van der Waals surface area contributed by atoms with Gasteiger partial charge in [-0.25, -0.2) is 19.6 Å². The number of nitrogens with zero attached hydrogens (tertiary/aromatic N) is 5. The summed E-state index contributed by atoms with van der Waals surface area (Å²) in [7, 11) is 1.26. The number of ether oxygens (including phenoxy) is 3. The van der Waals surface area contributed by atoms with Crippen molar-refractivity contribution in [3.8, 4) is 5.82 Å². The Balaban J connectivity index is 1.71. The molecule has 2 aromatic rings. The first-order chi connectivity index (χ1) is 14.7. The van der Waals surface area contributed by atoms with E-state index >= 15 is 0 Å². The number of esters is 1. The molecule has 31 heavy (non-hydrogen) atoms. The molecule has 0 aliphatic carbocycles. The minimum atomic E-state index is -0.933. The van der Waals surface area contributed by atoms with Crippen LogP contribution >= 0.6 is 0 Å². The lowest BCUT2D eigenvalue weighted by molar-refractivity contribution is -0.143. The highest BCUT2D eigenvalue weighted by atomic mass is 16.6. The van der Waals surface area contributed by atoms with Gasteiger partial charge in [0.05, 0.1) is 26.0 Å². The number of rotatable bonds is 6. The van der Waals surface area contributed by atoms with Crippen LogP contribution in [0.15, 0.2) is 24.8 Å². The second-order valence-electron chi connectivity index (χ2n) is 8.01. The molecule has 1 aliphatic rings. The molecular formula is C20H28N6O5. The summed E-state index contributed by atoms with van der Waals surface area (Å²) in [6, 6.07) is 0.837. The standard InChI is InChI=1S/C20H28N6O5/c1-20(2,3)31-19(28)23-15(17(27)29-4)11-14-12-26(13-22-14)16-5-6-21-18(24-16)25-7-9-30-10-8-25/h5-6,12-13,15H,7-11H2,1-4H3,(H,23,28)/t15-/m0/s1. The lowest BCUT2D eigenvalue weighted by Crippen LogP contribution is -2.45. The number of carbonyl (C=O) groups excluding carboxylic acids is 2. The molecule has 11 nitrogen and oxygen atoms in total. The van der Waals surface area contributed by atoms with E-state index in [2.05, 4.69) is 25.2 Å². The zero-order valence-electron chi connectivity index (χ0n) is 18.2. The average molecular weight is 432 g/mol. The van der Waals surface area contributed by atoms with Gasteiger partial charge in [-0.15, -0.1) is 0 Å². The van der Waals surface area contributed by atoms with Gasteiger partial charge in [0, 0.05) is 31.9 Å². The van der Waals surface area contributed by atoms with E-state index in [0.29, 0.717) is 30.7 Å². The summed E-state index contributed by atoms with van der Waals surface area (Å²) in [5.41, 5.74) is -0.102. The van der Waals surface area contributed by atoms with Crippen LogP contribution in [0.4, 0.5) is 10.7 Å². The van der Waals surface area contributed by atoms with E-state index in [-0.39, 0.29) is 6.42 Å². The van der Waals surface area contributed by atoms with E-state index in [4.69, 9.17) is 14.2 Å².